The third-order valence-electron chi connectivity index (χ3n) is 8.01. The summed E-state index contributed by atoms with van der Waals surface area (Å²) >= 11 is 0. The maximum atomic E-state index is 4.30. The Balaban J connectivity index is 0.000000277. The van der Waals surface area contributed by atoms with Crippen molar-refractivity contribution in [2.45, 2.75) is 104 Å². The van der Waals surface area contributed by atoms with Crippen LogP contribution >= 0.6 is 0 Å². The van der Waals surface area contributed by atoms with Gasteiger partial charge in [-0.05, 0) is 60.6 Å². The molecule has 0 radical (unpaired) electrons. The Kier molecular flexibility index (Phi) is 26.8. The molecular weight excluding hydrogens is 853 g/mol. The maximum Gasteiger partial charge on any atom is 0.116 e. The van der Waals surface area contributed by atoms with Gasteiger partial charge in [0.15, 0.2) is 0 Å². The lowest BCUT2D eigenvalue weighted by molar-refractivity contribution is 0.469. The van der Waals surface area contributed by atoms with Gasteiger partial charge in [-0.1, -0.05) is 258 Å². The fraction of sp³-hybridized carbons (Fsp3) is 0.281. The molecule has 10 rings (SSSR count). The zero-order chi connectivity index (χ0) is 51.8. The summed E-state index contributed by atoms with van der Waals surface area (Å²) in [5, 5.41) is 4.59. The standard InChI is InChI=1S/C12H8N2.2C8H6N2.3C7H8.3C5H12/c1-2-4-11-9(3-1)5-6-10-7-13-8-14-12(10)11;1-2-4-8-7(3-1)5-9-6-10-8;1-2-4-8-7(3-1)9-5-6-10-8;3*1-7-5-3-2-4-6-7;3*1-5(2,3)4/h1-8H;2*1-6H;3*2-6H,1H3;3*1-4H3. The van der Waals surface area contributed by atoms with Crippen LogP contribution in [0.1, 0.15) is 99.8 Å². The summed E-state index contributed by atoms with van der Waals surface area (Å²) in [7, 11) is 0. The van der Waals surface area contributed by atoms with Crippen LogP contribution in [0, 0.1) is 37.0 Å². The molecule has 0 aliphatic rings. The molecule has 0 atom stereocenters. The minimum absolute atomic E-state index is 0.500. The van der Waals surface area contributed by atoms with Crippen molar-refractivity contribution in [3.05, 3.63) is 230 Å². The van der Waals surface area contributed by atoms with E-state index in [-0.39, 0.29) is 0 Å². The lowest BCUT2D eigenvalue weighted by Crippen LogP contribution is -1.93. The minimum atomic E-state index is 0.500. The summed E-state index contributed by atoms with van der Waals surface area (Å²) in [6.45, 7) is 32.5. The van der Waals surface area contributed by atoms with E-state index in [2.05, 4.69) is 194 Å². The van der Waals surface area contributed by atoms with Crippen molar-refractivity contribution >= 4 is 43.6 Å². The Morgan fingerprint density at radius 3 is 0.986 bits per heavy atom. The molecule has 0 bridgehead atoms. The molecule has 10 aromatic rings. The van der Waals surface area contributed by atoms with E-state index < -0.39 is 0 Å². The summed E-state index contributed by atoms with van der Waals surface area (Å²) < 4.78 is 0. The van der Waals surface area contributed by atoms with Gasteiger partial charge in [0.25, 0.3) is 0 Å². The maximum absolute atomic E-state index is 4.30. The van der Waals surface area contributed by atoms with E-state index in [0.29, 0.717) is 16.2 Å². The first-order chi connectivity index (χ1) is 33.1. The van der Waals surface area contributed by atoms with Crippen molar-refractivity contribution in [2.24, 2.45) is 16.2 Å². The third kappa shape index (κ3) is 31.0. The van der Waals surface area contributed by atoms with E-state index in [1.807, 2.05) is 128 Å². The average Bonchev–Trinajstić information content (AvgIpc) is 3.32. The second-order valence-corrected chi connectivity index (χ2v) is 21.3. The van der Waals surface area contributed by atoms with Crippen molar-refractivity contribution in [3.8, 4) is 0 Å². The molecule has 0 saturated carbocycles. The summed E-state index contributed by atoms with van der Waals surface area (Å²) in [6.07, 6.45) is 10.2. The van der Waals surface area contributed by atoms with Gasteiger partial charge in [-0.3, -0.25) is 9.97 Å². The van der Waals surface area contributed by atoms with E-state index in [1.54, 1.807) is 25.0 Å². The van der Waals surface area contributed by atoms with Crippen LogP contribution < -0.4 is 0 Å². The number of nitrogens with zero attached hydrogens (tertiary/aromatic N) is 6. The van der Waals surface area contributed by atoms with Gasteiger partial charge in [0.2, 0.25) is 0 Å². The Hall–Kier alpha value is -7.18. The Morgan fingerprint density at radius 2 is 0.600 bits per heavy atom. The number of aryl methyl sites for hydroxylation is 3. The number of fused-ring (bicyclic) bond motifs is 5. The molecule has 0 amide bonds. The average molecular weight is 933 g/mol. The number of rotatable bonds is 0. The highest BCUT2D eigenvalue weighted by Gasteiger charge is 2.00. The minimum Gasteiger partial charge on any atom is -0.253 e. The van der Waals surface area contributed by atoms with Crippen LogP contribution in [-0.4, -0.2) is 29.9 Å². The normalized spacial score (nSPS) is 10.2. The van der Waals surface area contributed by atoms with Crippen LogP contribution in [0.2, 0.25) is 0 Å². The van der Waals surface area contributed by atoms with Gasteiger partial charge in [0, 0.05) is 40.9 Å². The fourth-order valence-corrected chi connectivity index (χ4v) is 5.16. The first-order valence-electron chi connectivity index (χ1n) is 24.0. The fourth-order valence-electron chi connectivity index (χ4n) is 5.16. The van der Waals surface area contributed by atoms with Crippen LogP contribution in [0.3, 0.4) is 0 Å². The van der Waals surface area contributed by atoms with Crippen LogP contribution in [0.15, 0.2) is 213 Å². The molecule has 3 aromatic heterocycles. The monoisotopic (exact) mass is 933 g/mol. The lowest BCUT2D eigenvalue weighted by atomic mass is 10.0. The number of aromatic nitrogens is 6. The number of hydrogen-bond donors (Lipinski definition) is 0. The molecule has 366 valence electrons. The molecule has 0 saturated heterocycles. The Bertz CT molecular complexity index is 2490. The van der Waals surface area contributed by atoms with Crippen molar-refractivity contribution in [3.63, 3.8) is 0 Å². The molecule has 7 aromatic carbocycles. The Morgan fingerprint density at radius 1 is 0.286 bits per heavy atom. The second kappa shape index (κ2) is 31.8. The van der Waals surface area contributed by atoms with E-state index in [1.165, 1.54) is 27.5 Å². The predicted molar refractivity (Wildman–Crippen MR) is 305 cm³/mol. The number of hydrogen-bond acceptors (Lipinski definition) is 6. The van der Waals surface area contributed by atoms with Crippen molar-refractivity contribution in [1.82, 2.24) is 29.9 Å². The molecule has 0 fully saturated rings. The van der Waals surface area contributed by atoms with Gasteiger partial charge in [-0.15, -0.1) is 0 Å². The lowest BCUT2D eigenvalue weighted by Gasteiger charge is -2.05. The highest BCUT2D eigenvalue weighted by atomic mass is 14.8. The highest BCUT2D eigenvalue weighted by molar-refractivity contribution is 6.04. The van der Waals surface area contributed by atoms with Gasteiger partial charge in [0.05, 0.1) is 22.1 Å². The van der Waals surface area contributed by atoms with Gasteiger partial charge in [-0.2, -0.15) is 0 Å². The summed E-state index contributed by atoms with van der Waals surface area (Å²) in [5.41, 5.74) is 9.39. The second-order valence-electron chi connectivity index (χ2n) is 21.3. The third-order valence-corrected chi connectivity index (χ3v) is 8.01. The SMILES string of the molecule is CC(C)(C)C.CC(C)(C)C.CC(C)(C)C.Cc1ccccc1.Cc1ccccc1.Cc1ccccc1.c1ccc2c(c1)ccc1cncnc12.c1ccc2nccnc2c1.c1ccc2ncncc2c1. The number of para-hydroxylation sites is 3. The van der Waals surface area contributed by atoms with E-state index in [0.717, 1.165) is 32.8 Å². The largest absolute Gasteiger partial charge is 0.253 e. The van der Waals surface area contributed by atoms with Crippen LogP contribution in [0.5, 0.6) is 0 Å². The molecule has 0 N–H and O–H groups in total. The van der Waals surface area contributed by atoms with Gasteiger partial charge >= 0.3 is 0 Å². The van der Waals surface area contributed by atoms with Crippen molar-refractivity contribution in [2.75, 3.05) is 0 Å². The topological polar surface area (TPSA) is 77.3 Å². The summed E-state index contributed by atoms with van der Waals surface area (Å²) in [5.74, 6) is 0. The molecule has 0 spiro atoms. The molecule has 6 nitrogen and oxygen atoms in total. The van der Waals surface area contributed by atoms with Crippen LogP contribution in [0.4, 0.5) is 0 Å². The summed E-state index contributed by atoms with van der Waals surface area (Å²) in [4.78, 5) is 24.5. The molecule has 0 unspecified atom stereocenters. The molecule has 0 aliphatic heterocycles. The van der Waals surface area contributed by atoms with Gasteiger partial charge in [-0.25, -0.2) is 19.9 Å². The first kappa shape index (κ1) is 58.9. The summed E-state index contributed by atoms with van der Waals surface area (Å²) in [6, 6.07) is 58.9. The molecule has 0 aliphatic carbocycles. The van der Waals surface area contributed by atoms with E-state index in [4.69, 9.17) is 0 Å². The zero-order valence-corrected chi connectivity index (χ0v) is 44.9. The predicted octanol–water partition coefficient (Wildman–Crippen LogP) is 18.2. The molecular formula is C64H80N6. The van der Waals surface area contributed by atoms with E-state index in [9.17, 15) is 0 Å². The molecule has 70 heavy (non-hydrogen) atoms. The quantitative estimate of drug-likeness (QED) is 0.141. The number of benzene rings is 7. The van der Waals surface area contributed by atoms with Crippen LogP contribution in [-0.2, 0) is 0 Å². The molecule has 3 heterocycles. The van der Waals surface area contributed by atoms with E-state index >= 15 is 0 Å². The highest BCUT2D eigenvalue weighted by Crippen LogP contribution is 2.22. The molecule has 6 heteroatoms. The van der Waals surface area contributed by atoms with Crippen LogP contribution in [0.25, 0.3) is 43.6 Å². The first-order valence-corrected chi connectivity index (χ1v) is 24.0. The Labute approximate surface area is 421 Å². The van der Waals surface area contributed by atoms with Gasteiger partial charge in [0.1, 0.15) is 12.7 Å². The zero-order valence-electron chi connectivity index (χ0n) is 44.9. The van der Waals surface area contributed by atoms with Gasteiger partial charge < -0.3 is 0 Å². The smallest absolute Gasteiger partial charge is 0.116 e. The van der Waals surface area contributed by atoms with Crippen molar-refractivity contribution < 1.29 is 0 Å². The van der Waals surface area contributed by atoms with Crippen molar-refractivity contribution in [1.29, 1.82) is 0 Å².